The standard InChI is InChI=1S/C22H18Cl2N2O4S/c1-30-18-7-3-15(4-8-18)22(27)26-11-10-14-2-6-17(13-20(14)26)25-31(28,29)21-12-16(23)5-9-19(21)24/h2-9,12-13,25H,10-11H2,1H3. The smallest absolute Gasteiger partial charge is 0.263 e. The van der Waals surface area contributed by atoms with E-state index < -0.39 is 10.0 Å². The van der Waals surface area contributed by atoms with Crippen LogP contribution in [0.5, 0.6) is 5.75 Å². The number of hydrogen-bond acceptors (Lipinski definition) is 4. The quantitative estimate of drug-likeness (QED) is 0.561. The molecule has 1 heterocycles. The topological polar surface area (TPSA) is 75.7 Å². The zero-order chi connectivity index (χ0) is 22.2. The van der Waals surface area contributed by atoms with Gasteiger partial charge in [0.05, 0.1) is 17.8 Å². The van der Waals surface area contributed by atoms with Gasteiger partial charge < -0.3 is 9.64 Å². The van der Waals surface area contributed by atoms with E-state index in [1.54, 1.807) is 48.4 Å². The second-order valence-electron chi connectivity index (χ2n) is 6.96. The molecule has 0 aliphatic carbocycles. The van der Waals surface area contributed by atoms with Gasteiger partial charge in [-0.2, -0.15) is 0 Å². The van der Waals surface area contributed by atoms with Gasteiger partial charge in [0.2, 0.25) is 0 Å². The van der Waals surface area contributed by atoms with Crippen LogP contribution in [0.25, 0.3) is 0 Å². The lowest BCUT2D eigenvalue weighted by Gasteiger charge is -2.19. The maximum Gasteiger partial charge on any atom is 0.263 e. The van der Waals surface area contributed by atoms with E-state index >= 15 is 0 Å². The molecule has 1 N–H and O–H groups in total. The Morgan fingerprint density at radius 2 is 1.77 bits per heavy atom. The Labute approximate surface area is 190 Å². The van der Waals surface area contributed by atoms with Gasteiger partial charge in [-0.25, -0.2) is 8.42 Å². The van der Waals surface area contributed by atoms with Crippen molar-refractivity contribution in [2.75, 3.05) is 23.3 Å². The summed E-state index contributed by atoms with van der Waals surface area (Å²) < 4.78 is 33.3. The molecule has 6 nitrogen and oxygen atoms in total. The number of ether oxygens (including phenoxy) is 1. The lowest BCUT2D eigenvalue weighted by atomic mass is 10.1. The molecule has 0 fully saturated rings. The second kappa shape index (κ2) is 8.42. The van der Waals surface area contributed by atoms with Crippen molar-refractivity contribution in [3.63, 3.8) is 0 Å². The van der Waals surface area contributed by atoms with Crippen molar-refractivity contribution >= 4 is 50.5 Å². The maximum absolute atomic E-state index is 13.0. The minimum absolute atomic E-state index is 0.0642. The number of anilines is 2. The molecule has 3 aromatic rings. The summed E-state index contributed by atoms with van der Waals surface area (Å²) in [7, 11) is -2.40. The predicted molar refractivity (Wildman–Crippen MR) is 122 cm³/mol. The van der Waals surface area contributed by atoms with Crippen LogP contribution in [-0.2, 0) is 16.4 Å². The van der Waals surface area contributed by atoms with Crippen molar-refractivity contribution in [2.24, 2.45) is 0 Å². The van der Waals surface area contributed by atoms with E-state index in [1.807, 2.05) is 6.07 Å². The molecule has 0 atom stereocenters. The van der Waals surface area contributed by atoms with Crippen molar-refractivity contribution in [1.29, 1.82) is 0 Å². The van der Waals surface area contributed by atoms with Gasteiger partial charge in [0.25, 0.3) is 15.9 Å². The van der Waals surface area contributed by atoms with Crippen molar-refractivity contribution in [1.82, 2.24) is 0 Å². The van der Waals surface area contributed by atoms with Gasteiger partial charge in [-0.3, -0.25) is 9.52 Å². The Hall–Kier alpha value is -2.74. The SMILES string of the molecule is COc1ccc(C(=O)N2CCc3ccc(NS(=O)(=O)c4cc(Cl)ccc4Cl)cc32)cc1. The number of methoxy groups -OCH3 is 1. The Morgan fingerprint density at radius 3 is 2.48 bits per heavy atom. The van der Waals surface area contributed by atoms with E-state index in [9.17, 15) is 13.2 Å². The van der Waals surface area contributed by atoms with Crippen LogP contribution in [0.3, 0.4) is 0 Å². The molecular weight excluding hydrogens is 459 g/mol. The number of carbonyl (C=O) groups is 1. The Kier molecular flexibility index (Phi) is 5.83. The van der Waals surface area contributed by atoms with Crippen LogP contribution in [0.2, 0.25) is 10.0 Å². The molecule has 0 unspecified atom stereocenters. The summed E-state index contributed by atoms with van der Waals surface area (Å²) in [6.07, 6.45) is 0.685. The Balaban J connectivity index is 1.62. The second-order valence-corrected chi connectivity index (χ2v) is 9.45. The fourth-order valence-electron chi connectivity index (χ4n) is 3.44. The van der Waals surface area contributed by atoms with Gasteiger partial charge in [-0.15, -0.1) is 0 Å². The fourth-order valence-corrected chi connectivity index (χ4v) is 5.25. The number of benzene rings is 3. The normalized spacial score (nSPS) is 13.1. The van der Waals surface area contributed by atoms with Gasteiger partial charge in [0.15, 0.2) is 0 Å². The minimum Gasteiger partial charge on any atom is -0.497 e. The fraction of sp³-hybridized carbons (Fsp3) is 0.136. The van der Waals surface area contributed by atoms with Crippen LogP contribution in [0.1, 0.15) is 15.9 Å². The third kappa shape index (κ3) is 4.35. The number of nitrogens with zero attached hydrogens (tertiary/aromatic N) is 1. The number of rotatable bonds is 5. The van der Waals surface area contributed by atoms with Crippen LogP contribution >= 0.6 is 23.2 Å². The van der Waals surface area contributed by atoms with Crippen molar-refractivity contribution in [3.8, 4) is 5.75 Å². The Morgan fingerprint density at radius 1 is 1.03 bits per heavy atom. The molecule has 1 amide bonds. The molecule has 0 radical (unpaired) electrons. The van der Waals surface area contributed by atoms with E-state index in [4.69, 9.17) is 27.9 Å². The predicted octanol–water partition coefficient (Wildman–Crippen LogP) is 5.01. The van der Waals surface area contributed by atoms with E-state index in [-0.39, 0.29) is 20.8 Å². The zero-order valence-electron chi connectivity index (χ0n) is 16.4. The van der Waals surface area contributed by atoms with Crippen molar-refractivity contribution < 1.29 is 17.9 Å². The first-order valence-corrected chi connectivity index (χ1v) is 11.6. The molecule has 0 aromatic heterocycles. The largest absolute Gasteiger partial charge is 0.497 e. The number of carbonyl (C=O) groups excluding carboxylic acids is 1. The summed E-state index contributed by atoms with van der Waals surface area (Å²) >= 11 is 12.0. The molecule has 31 heavy (non-hydrogen) atoms. The van der Waals surface area contributed by atoms with Gasteiger partial charge in [-0.1, -0.05) is 29.3 Å². The first-order chi connectivity index (χ1) is 14.8. The molecule has 0 spiro atoms. The van der Waals surface area contributed by atoms with Crippen molar-refractivity contribution in [3.05, 3.63) is 81.8 Å². The van der Waals surface area contributed by atoms with E-state index in [0.29, 0.717) is 35.7 Å². The summed E-state index contributed by atoms with van der Waals surface area (Å²) in [6, 6.07) is 16.2. The summed E-state index contributed by atoms with van der Waals surface area (Å²) in [5.74, 6) is 0.494. The average Bonchev–Trinajstić information content (AvgIpc) is 3.18. The molecule has 160 valence electrons. The van der Waals surface area contributed by atoms with E-state index in [1.165, 1.54) is 18.2 Å². The lowest BCUT2D eigenvalue weighted by molar-refractivity contribution is 0.0989. The molecule has 0 bridgehead atoms. The van der Waals surface area contributed by atoms with Crippen LogP contribution in [0.4, 0.5) is 11.4 Å². The monoisotopic (exact) mass is 476 g/mol. The highest BCUT2D eigenvalue weighted by atomic mass is 35.5. The third-order valence-electron chi connectivity index (χ3n) is 5.00. The van der Waals surface area contributed by atoms with Crippen LogP contribution in [0.15, 0.2) is 65.6 Å². The molecule has 0 saturated carbocycles. The number of fused-ring (bicyclic) bond motifs is 1. The number of nitrogens with one attached hydrogen (secondary N) is 1. The average molecular weight is 477 g/mol. The number of amides is 1. The molecular formula is C22H18Cl2N2O4S. The molecule has 1 aliphatic rings. The lowest BCUT2D eigenvalue weighted by Crippen LogP contribution is -2.28. The highest BCUT2D eigenvalue weighted by molar-refractivity contribution is 7.92. The minimum atomic E-state index is -3.97. The number of hydrogen-bond donors (Lipinski definition) is 1. The molecule has 4 rings (SSSR count). The number of sulfonamides is 1. The highest BCUT2D eigenvalue weighted by Crippen LogP contribution is 2.34. The first kappa shape index (κ1) is 21.5. The maximum atomic E-state index is 13.0. The summed E-state index contributed by atoms with van der Waals surface area (Å²) in [4.78, 5) is 14.5. The van der Waals surface area contributed by atoms with Gasteiger partial charge in [-0.05, 0) is 66.6 Å². The van der Waals surface area contributed by atoms with Crippen LogP contribution in [-0.4, -0.2) is 28.0 Å². The zero-order valence-corrected chi connectivity index (χ0v) is 18.8. The van der Waals surface area contributed by atoms with E-state index in [0.717, 1.165) is 5.56 Å². The van der Waals surface area contributed by atoms with Gasteiger partial charge in [0, 0.05) is 22.8 Å². The Bertz CT molecular complexity index is 1260. The third-order valence-corrected chi connectivity index (χ3v) is 7.10. The van der Waals surface area contributed by atoms with Gasteiger partial charge in [0.1, 0.15) is 10.6 Å². The highest BCUT2D eigenvalue weighted by Gasteiger charge is 2.27. The summed E-state index contributed by atoms with van der Waals surface area (Å²) in [6.45, 7) is 0.510. The van der Waals surface area contributed by atoms with E-state index in [2.05, 4.69) is 4.72 Å². The molecule has 1 aliphatic heterocycles. The summed E-state index contributed by atoms with van der Waals surface area (Å²) in [5, 5.41) is 0.323. The van der Waals surface area contributed by atoms with Crippen LogP contribution in [0, 0.1) is 0 Å². The number of halogens is 2. The molecule has 0 saturated heterocycles. The molecule has 9 heteroatoms. The molecule has 3 aromatic carbocycles. The van der Waals surface area contributed by atoms with Crippen molar-refractivity contribution in [2.45, 2.75) is 11.3 Å². The van der Waals surface area contributed by atoms with Gasteiger partial charge >= 0.3 is 0 Å². The summed E-state index contributed by atoms with van der Waals surface area (Å²) in [5.41, 5.74) is 2.47. The first-order valence-electron chi connectivity index (χ1n) is 9.35. The van der Waals surface area contributed by atoms with Crippen LogP contribution < -0.4 is 14.4 Å².